The number of benzene rings is 1. The standard InChI is InChI=1S/C13H9ClN4O4S/c14-9-6-8(13(19)20)2-3-11(9)23(21,22)17-10-7-16-18-5-1-4-15-12(10)18/h1-7,17H,(H,19,20). The molecule has 0 aliphatic heterocycles. The van der Waals surface area contributed by atoms with Gasteiger partial charge in [-0.2, -0.15) is 5.10 Å². The summed E-state index contributed by atoms with van der Waals surface area (Å²) in [6, 6.07) is 5.02. The number of carboxylic acid groups (broad SMARTS) is 1. The molecule has 2 aromatic heterocycles. The molecule has 0 aliphatic rings. The first-order valence-corrected chi connectivity index (χ1v) is 8.08. The molecule has 0 amide bonds. The van der Waals surface area contributed by atoms with Crippen molar-refractivity contribution in [2.24, 2.45) is 0 Å². The molecule has 1 aromatic carbocycles. The maximum Gasteiger partial charge on any atom is 0.335 e. The van der Waals surface area contributed by atoms with Crippen LogP contribution in [0.1, 0.15) is 10.4 Å². The summed E-state index contributed by atoms with van der Waals surface area (Å²) in [5.74, 6) is -1.20. The molecular formula is C13H9ClN4O4S. The third-order valence-electron chi connectivity index (χ3n) is 2.99. The molecule has 8 nitrogen and oxygen atoms in total. The minimum atomic E-state index is -4.02. The Morgan fingerprint density at radius 2 is 2.13 bits per heavy atom. The van der Waals surface area contributed by atoms with E-state index in [0.29, 0.717) is 5.65 Å². The fraction of sp³-hybridized carbons (Fsp3) is 0. The molecule has 0 atom stereocenters. The molecule has 0 fully saturated rings. The van der Waals surface area contributed by atoms with Crippen LogP contribution in [0.15, 0.2) is 47.8 Å². The Bertz CT molecular complexity index is 1020. The van der Waals surface area contributed by atoms with Crippen LogP contribution in [0.25, 0.3) is 5.65 Å². The maximum atomic E-state index is 12.4. The van der Waals surface area contributed by atoms with Crippen LogP contribution in [0, 0.1) is 0 Å². The van der Waals surface area contributed by atoms with E-state index in [0.717, 1.165) is 18.2 Å². The molecule has 2 N–H and O–H groups in total. The lowest BCUT2D eigenvalue weighted by Crippen LogP contribution is -2.14. The number of anilines is 1. The number of aromatic nitrogens is 3. The van der Waals surface area contributed by atoms with Gasteiger partial charge in [0, 0.05) is 12.4 Å². The van der Waals surface area contributed by atoms with Crippen LogP contribution < -0.4 is 4.72 Å². The number of nitrogens with zero attached hydrogens (tertiary/aromatic N) is 3. The smallest absolute Gasteiger partial charge is 0.335 e. The molecule has 0 bridgehead atoms. The van der Waals surface area contributed by atoms with Crippen molar-refractivity contribution in [3.8, 4) is 0 Å². The van der Waals surface area contributed by atoms with E-state index in [9.17, 15) is 13.2 Å². The Hall–Kier alpha value is -2.65. The molecule has 0 radical (unpaired) electrons. The SMILES string of the molecule is O=C(O)c1ccc(S(=O)(=O)Nc2cnn3cccnc23)c(Cl)c1. The van der Waals surface area contributed by atoms with E-state index in [1.807, 2.05) is 0 Å². The summed E-state index contributed by atoms with van der Waals surface area (Å²) in [6.07, 6.45) is 4.44. The summed E-state index contributed by atoms with van der Waals surface area (Å²) < 4.78 is 28.6. The normalized spacial score (nSPS) is 11.5. The van der Waals surface area contributed by atoms with Crippen molar-refractivity contribution >= 4 is 38.9 Å². The molecule has 2 heterocycles. The van der Waals surface area contributed by atoms with Gasteiger partial charge in [0.05, 0.1) is 16.8 Å². The number of fused-ring (bicyclic) bond motifs is 1. The fourth-order valence-corrected chi connectivity index (χ4v) is 3.54. The summed E-state index contributed by atoms with van der Waals surface area (Å²) in [5, 5.41) is 12.7. The number of sulfonamides is 1. The van der Waals surface area contributed by atoms with Crippen LogP contribution in [0.3, 0.4) is 0 Å². The maximum absolute atomic E-state index is 12.4. The van der Waals surface area contributed by atoms with Gasteiger partial charge in [-0.1, -0.05) is 11.6 Å². The van der Waals surface area contributed by atoms with Crippen molar-refractivity contribution in [3.05, 3.63) is 53.4 Å². The third-order valence-corrected chi connectivity index (χ3v) is 4.84. The Labute approximate surface area is 135 Å². The number of aromatic carboxylic acids is 1. The first kappa shape index (κ1) is 15.3. The van der Waals surface area contributed by atoms with E-state index < -0.39 is 16.0 Å². The van der Waals surface area contributed by atoms with Crippen molar-refractivity contribution in [3.63, 3.8) is 0 Å². The third kappa shape index (κ3) is 2.83. The van der Waals surface area contributed by atoms with E-state index in [1.165, 1.54) is 16.9 Å². The Morgan fingerprint density at radius 1 is 1.35 bits per heavy atom. The van der Waals surface area contributed by atoms with Crippen LogP contribution in [-0.4, -0.2) is 34.1 Å². The molecule has 3 rings (SSSR count). The summed E-state index contributed by atoms with van der Waals surface area (Å²) in [5.41, 5.74) is 0.407. The van der Waals surface area contributed by atoms with Crippen LogP contribution in [-0.2, 0) is 10.0 Å². The van der Waals surface area contributed by atoms with Crippen molar-refractivity contribution in [1.82, 2.24) is 14.6 Å². The van der Waals surface area contributed by atoms with Gasteiger partial charge in [-0.25, -0.2) is 22.7 Å². The van der Waals surface area contributed by atoms with Gasteiger partial charge in [-0.15, -0.1) is 0 Å². The zero-order valence-electron chi connectivity index (χ0n) is 11.3. The minimum absolute atomic E-state index is 0.105. The van der Waals surface area contributed by atoms with Gasteiger partial charge in [0.25, 0.3) is 10.0 Å². The molecule has 0 aliphatic carbocycles. The highest BCUT2D eigenvalue weighted by molar-refractivity contribution is 7.92. The van der Waals surface area contributed by atoms with Gasteiger partial charge in [0.1, 0.15) is 10.6 Å². The van der Waals surface area contributed by atoms with Gasteiger partial charge in [0.15, 0.2) is 5.65 Å². The fourth-order valence-electron chi connectivity index (χ4n) is 1.95. The van der Waals surface area contributed by atoms with Crippen molar-refractivity contribution in [1.29, 1.82) is 0 Å². The molecule has 118 valence electrons. The van der Waals surface area contributed by atoms with Crippen LogP contribution >= 0.6 is 11.6 Å². The number of carbonyl (C=O) groups is 1. The molecule has 10 heteroatoms. The van der Waals surface area contributed by atoms with Gasteiger partial charge in [-0.3, -0.25) is 4.72 Å². The number of rotatable bonds is 4. The topological polar surface area (TPSA) is 114 Å². The molecule has 0 saturated carbocycles. The lowest BCUT2D eigenvalue weighted by atomic mass is 10.2. The predicted molar refractivity (Wildman–Crippen MR) is 82.2 cm³/mol. The number of nitrogens with one attached hydrogen (secondary N) is 1. The van der Waals surface area contributed by atoms with Gasteiger partial charge in [-0.05, 0) is 24.3 Å². The largest absolute Gasteiger partial charge is 0.478 e. The van der Waals surface area contributed by atoms with Crippen LogP contribution in [0.5, 0.6) is 0 Å². The number of halogens is 1. The second kappa shape index (κ2) is 5.52. The van der Waals surface area contributed by atoms with E-state index in [2.05, 4.69) is 14.8 Å². The lowest BCUT2D eigenvalue weighted by Gasteiger charge is -2.08. The highest BCUT2D eigenvalue weighted by Gasteiger charge is 2.21. The van der Waals surface area contributed by atoms with Crippen molar-refractivity contribution in [2.45, 2.75) is 4.90 Å². The van der Waals surface area contributed by atoms with E-state index >= 15 is 0 Å². The highest BCUT2D eigenvalue weighted by atomic mass is 35.5. The highest BCUT2D eigenvalue weighted by Crippen LogP contribution is 2.26. The summed E-state index contributed by atoms with van der Waals surface area (Å²) in [6.45, 7) is 0. The molecule has 0 unspecified atom stereocenters. The Morgan fingerprint density at radius 3 is 2.83 bits per heavy atom. The van der Waals surface area contributed by atoms with Crippen LogP contribution in [0.2, 0.25) is 5.02 Å². The predicted octanol–water partition coefficient (Wildman–Crippen LogP) is 1.88. The van der Waals surface area contributed by atoms with Gasteiger partial charge < -0.3 is 5.11 Å². The van der Waals surface area contributed by atoms with Crippen molar-refractivity contribution < 1.29 is 18.3 Å². The summed E-state index contributed by atoms with van der Waals surface area (Å²) in [4.78, 5) is 14.7. The van der Waals surface area contributed by atoms with E-state index in [4.69, 9.17) is 16.7 Å². The number of hydrogen-bond acceptors (Lipinski definition) is 5. The first-order valence-electron chi connectivity index (χ1n) is 6.22. The summed E-state index contributed by atoms with van der Waals surface area (Å²) in [7, 11) is -4.02. The molecule has 3 aromatic rings. The van der Waals surface area contributed by atoms with Gasteiger partial charge in [0.2, 0.25) is 0 Å². The Balaban J connectivity index is 2.01. The second-order valence-corrected chi connectivity index (χ2v) is 6.56. The molecular weight excluding hydrogens is 344 g/mol. The zero-order chi connectivity index (χ0) is 16.6. The van der Waals surface area contributed by atoms with Gasteiger partial charge >= 0.3 is 5.97 Å². The molecule has 23 heavy (non-hydrogen) atoms. The number of carboxylic acids is 1. The van der Waals surface area contributed by atoms with E-state index in [-0.39, 0.29) is 21.2 Å². The van der Waals surface area contributed by atoms with Crippen LogP contribution in [0.4, 0.5) is 5.69 Å². The van der Waals surface area contributed by atoms with Crippen molar-refractivity contribution in [2.75, 3.05) is 4.72 Å². The lowest BCUT2D eigenvalue weighted by molar-refractivity contribution is 0.0696. The average molecular weight is 353 g/mol. The zero-order valence-corrected chi connectivity index (χ0v) is 12.9. The quantitative estimate of drug-likeness (QED) is 0.741. The molecule has 0 spiro atoms. The minimum Gasteiger partial charge on any atom is -0.478 e. The summed E-state index contributed by atoms with van der Waals surface area (Å²) >= 11 is 5.90. The number of hydrogen-bond donors (Lipinski definition) is 2. The second-order valence-electron chi connectivity index (χ2n) is 4.50. The first-order chi connectivity index (χ1) is 10.9. The average Bonchev–Trinajstić information content (AvgIpc) is 2.89. The van der Waals surface area contributed by atoms with E-state index in [1.54, 1.807) is 12.3 Å². The molecule has 0 saturated heterocycles. The monoisotopic (exact) mass is 352 g/mol. The Kier molecular flexibility index (Phi) is 3.66.